The molecule has 2 atom stereocenters. The number of esters is 2. The number of amides is 1. The molecule has 1 fully saturated rings. The van der Waals surface area contributed by atoms with Crippen molar-refractivity contribution in [2.45, 2.75) is 38.9 Å². The van der Waals surface area contributed by atoms with Gasteiger partial charge in [0.1, 0.15) is 5.00 Å². The summed E-state index contributed by atoms with van der Waals surface area (Å²) in [4.78, 5) is 37.8. The maximum absolute atomic E-state index is 12.6. The molecule has 29 heavy (non-hydrogen) atoms. The second-order valence-corrected chi connectivity index (χ2v) is 7.56. The third kappa shape index (κ3) is 5.21. The van der Waals surface area contributed by atoms with E-state index in [0.717, 1.165) is 16.9 Å². The number of rotatable bonds is 7. The zero-order valence-electron chi connectivity index (χ0n) is 16.3. The fraction of sp³-hybridized carbons (Fsp3) is 0.381. The largest absolute Gasteiger partial charge is 0.462 e. The molecule has 1 aliphatic rings. The van der Waals surface area contributed by atoms with Crippen LogP contribution in [-0.4, -0.2) is 43.3 Å². The highest BCUT2D eigenvalue weighted by molar-refractivity contribution is 7.20. The molecule has 0 bridgehead atoms. The standard InChI is InChI=1S/C21H23NO6S/c1-3-26-20(24)15-12-17(14-8-5-4-6-9-14)29-19(15)22-18(23)13(2)28-21(25)16-10-7-11-27-16/h4-6,8-9,12-13,16H,3,7,10-11H2,1-2H3,(H,22,23)/t13-,16+/m0/s1. The molecule has 1 aromatic heterocycles. The molecule has 1 amide bonds. The van der Waals surface area contributed by atoms with Crippen LogP contribution in [-0.2, 0) is 23.8 Å². The van der Waals surface area contributed by atoms with Crippen LogP contribution in [0.25, 0.3) is 10.4 Å². The van der Waals surface area contributed by atoms with Crippen LogP contribution in [0.1, 0.15) is 37.0 Å². The van der Waals surface area contributed by atoms with Gasteiger partial charge >= 0.3 is 11.9 Å². The number of ether oxygens (including phenoxy) is 3. The molecule has 2 aromatic rings. The number of nitrogens with one attached hydrogen (secondary N) is 1. The van der Waals surface area contributed by atoms with Crippen molar-refractivity contribution in [2.75, 3.05) is 18.5 Å². The van der Waals surface area contributed by atoms with Gasteiger partial charge in [-0.2, -0.15) is 0 Å². The smallest absolute Gasteiger partial charge is 0.341 e. The Morgan fingerprint density at radius 1 is 1.28 bits per heavy atom. The maximum Gasteiger partial charge on any atom is 0.341 e. The van der Waals surface area contributed by atoms with Crippen molar-refractivity contribution >= 4 is 34.2 Å². The molecule has 7 nitrogen and oxygen atoms in total. The van der Waals surface area contributed by atoms with Crippen LogP contribution in [0, 0.1) is 0 Å². The minimum absolute atomic E-state index is 0.220. The van der Waals surface area contributed by atoms with E-state index in [9.17, 15) is 14.4 Å². The Hall–Kier alpha value is -2.71. The van der Waals surface area contributed by atoms with E-state index < -0.39 is 30.1 Å². The van der Waals surface area contributed by atoms with Crippen LogP contribution >= 0.6 is 11.3 Å². The number of thiophene rings is 1. The van der Waals surface area contributed by atoms with Crippen molar-refractivity contribution in [3.63, 3.8) is 0 Å². The lowest BCUT2D eigenvalue weighted by molar-refractivity contribution is -0.162. The van der Waals surface area contributed by atoms with Crippen LogP contribution in [0.5, 0.6) is 0 Å². The maximum atomic E-state index is 12.6. The summed E-state index contributed by atoms with van der Waals surface area (Å²) < 4.78 is 15.6. The van der Waals surface area contributed by atoms with Gasteiger partial charge in [-0.05, 0) is 38.3 Å². The summed E-state index contributed by atoms with van der Waals surface area (Å²) in [7, 11) is 0. The van der Waals surface area contributed by atoms with Gasteiger partial charge in [0.25, 0.3) is 5.91 Å². The van der Waals surface area contributed by atoms with Gasteiger partial charge < -0.3 is 19.5 Å². The minimum atomic E-state index is -1.02. The first-order valence-electron chi connectivity index (χ1n) is 9.49. The Kier molecular flexibility index (Phi) is 7.00. The number of carbonyl (C=O) groups is 3. The van der Waals surface area contributed by atoms with Crippen LogP contribution < -0.4 is 5.32 Å². The zero-order chi connectivity index (χ0) is 20.8. The molecule has 3 rings (SSSR count). The molecule has 8 heteroatoms. The Bertz CT molecular complexity index is 873. The summed E-state index contributed by atoms with van der Waals surface area (Å²) in [6.07, 6.45) is -0.262. The number of benzene rings is 1. The lowest BCUT2D eigenvalue weighted by Crippen LogP contribution is -2.34. The predicted octanol–water partition coefficient (Wildman–Crippen LogP) is 3.64. The fourth-order valence-corrected chi connectivity index (χ4v) is 3.92. The average Bonchev–Trinajstić information content (AvgIpc) is 3.39. The molecule has 0 unspecified atom stereocenters. The summed E-state index contributed by atoms with van der Waals surface area (Å²) in [6.45, 7) is 3.93. The lowest BCUT2D eigenvalue weighted by Gasteiger charge is -2.15. The SMILES string of the molecule is CCOC(=O)c1cc(-c2ccccc2)sc1NC(=O)[C@H](C)OC(=O)[C@H]1CCCO1. The number of carbonyl (C=O) groups excluding carboxylic acids is 3. The monoisotopic (exact) mass is 417 g/mol. The van der Waals surface area contributed by atoms with Crippen molar-refractivity contribution in [3.05, 3.63) is 42.0 Å². The first-order chi connectivity index (χ1) is 14.0. The Morgan fingerprint density at radius 2 is 2.03 bits per heavy atom. The predicted molar refractivity (Wildman–Crippen MR) is 109 cm³/mol. The van der Waals surface area contributed by atoms with Crippen LogP contribution in [0.2, 0.25) is 0 Å². The Morgan fingerprint density at radius 3 is 2.69 bits per heavy atom. The molecule has 1 aliphatic heterocycles. The molecule has 1 N–H and O–H groups in total. The summed E-state index contributed by atoms with van der Waals surface area (Å²) in [5, 5.41) is 3.05. The van der Waals surface area contributed by atoms with E-state index in [4.69, 9.17) is 14.2 Å². The molecule has 0 aliphatic carbocycles. The summed E-state index contributed by atoms with van der Waals surface area (Å²) in [6, 6.07) is 11.2. The Labute approximate surface area is 173 Å². The highest BCUT2D eigenvalue weighted by Gasteiger charge is 2.29. The molecular formula is C21H23NO6S. The Balaban J connectivity index is 1.75. The topological polar surface area (TPSA) is 90.9 Å². The molecule has 154 valence electrons. The van der Waals surface area contributed by atoms with Crippen molar-refractivity contribution < 1.29 is 28.6 Å². The van der Waals surface area contributed by atoms with Crippen LogP contribution in [0.15, 0.2) is 36.4 Å². The third-order valence-electron chi connectivity index (χ3n) is 4.38. The van der Waals surface area contributed by atoms with Crippen molar-refractivity contribution in [1.82, 2.24) is 0 Å². The van der Waals surface area contributed by atoms with Gasteiger partial charge in [0.05, 0.1) is 12.2 Å². The molecule has 1 aromatic carbocycles. The second-order valence-electron chi connectivity index (χ2n) is 6.51. The molecule has 0 radical (unpaired) electrons. The third-order valence-corrected chi connectivity index (χ3v) is 5.48. The summed E-state index contributed by atoms with van der Waals surface area (Å²) in [5.74, 6) is -1.60. The molecular weight excluding hydrogens is 394 g/mol. The number of anilines is 1. The molecule has 0 saturated carbocycles. The lowest BCUT2D eigenvalue weighted by atomic mass is 10.1. The van der Waals surface area contributed by atoms with E-state index in [1.807, 2.05) is 30.3 Å². The molecule has 1 saturated heterocycles. The van der Waals surface area contributed by atoms with Gasteiger partial charge in [-0.25, -0.2) is 9.59 Å². The fourth-order valence-electron chi connectivity index (χ4n) is 2.87. The summed E-state index contributed by atoms with van der Waals surface area (Å²) in [5.41, 5.74) is 1.18. The highest BCUT2D eigenvalue weighted by atomic mass is 32.1. The van der Waals surface area contributed by atoms with Crippen LogP contribution in [0.3, 0.4) is 0 Å². The first kappa shape index (κ1) is 21.0. The van der Waals surface area contributed by atoms with Crippen molar-refractivity contribution in [1.29, 1.82) is 0 Å². The normalized spacial score (nSPS) is 16.8. The van der Waals surface area contributed by atoms with Crippen LogP contribution in [0.4, 0.5) is 5.00 Å². The average molecular weight is 417 g/mol. The van der Waals surface area contributed by atoms with Gasteiger partial charge in [-0.15, -0.1) is 11.3 Å². The van der Waals surface area contributed by atoms with E-state index in [1.165, 1.54) is 18.3 Å². The first-order valence-corrected chi connectivity index (χ1v) is 10.3. The second kappa shape index (κ2) is 9.67. The van der Waals surface area contributed by atoms with Crippen molar-refractivity contribution in [3.8, 4) is 10.4 Å². The van der Waals surface area contributed by atoms with E-state index in [2.05, 4.69) is 5.32 Å². The minimum Gasteiger partial charge on any atom is -0.462 e. The van der Waals surface area contributed by atoms with E-state index in [0.29, 0.717) is 18.0 Å². The van der Waals surface area contributed by atoms with Gasteiger partial charge in [-0.3, -0.25) is 4.79 Å². The van der Waals surface area contributed by atoms with Gasteiger partial charge in [-0.1, -0.05) is 30.3 Å². The highest BCUT2D eigenvalue weighted by Crippen LogP contribution is 2.36. The quantitative estimate of drug-likeness (QED) is 0.692. The number of hydrogen-bond donors (Lipinski definition) is 1. The summed E-state index contributed by atoms with van der Waals surface area (Å²) >= 11 is 1.26. The molecule has 2 heterocycles. The van der Waals surface area contributed by atoms with E-state index in [1.54, 1.807) is 13.0 Å². The van der Waals surface area contributed by atoms with Crippen molar-refractivity contribution in [2.24, 2.45) is 0 Å². The zero-order valence-corrected chi connectivity index (χ0v) is 17.1. The van der Waals surface area contributed by atoms with Gasteiger partial charge in [0.2, 0.25) is 0 Å². The van der Waals surface area contributed by atoms with Gasteiger partial charge in [0.15, 0.2) is 12.2 Å². The molecule has 0 spiro atoms. The number of hydrogen-bond acceptors (Lipinski definition) is 7. The van der Waals surface area contributed by atoms with E-state index >= 15 is 0 Å². The van der Waals surface area contributed by atoms with E-state index in [-0.39, 0.29) is 12.2 Å². The van der Waals surface area contributed by atoms with Gasteiger partial charge in [0, 0.05) is 11.5 Å².